The van der Waals surface area contributed by atoms with Crippen LogP contribution in [0.1, 0.15) is 40.0 Å². The zero-order chi connectivity index (χ0) is 16.1. The molecule has 0 aromatic rings. The second-order valence-electron chi connectivity index (χ2n) is 6.99. The number of hydrogen-bond donors (Lipinski definition) is 0. The van der Waals surface area contributed by atoms with Gasteiger partial charge in [0.15, 0.2) is 0 Å². The lowest BCUT2D eigenvalue weighted by atomic mass is 9.70. The second kappa shape index (κ2) is 5.22. The van der Waals surface area contributed by atoms with E-state index in [1.165, 1.54) is 0 Å². The second-order valence-corrected chi connectivity index (χ2v) is 11.5. The summed E-state index contributed by atoms with van der Waals surface area (Å²) in [5, 5.41) is 0. The minimum absolute atomic E-state index is 0.0835. The molecule has 124 valence electrons. The molecule has 7 heteroatoms. The maximum atomic E-state index is 12.5. The quantitative estimate of drug-likeness (QED) is 0.744. The van der Waals surface area contributed by atoms with Crippen molar-refractivity contribution in [2.24, 2.45) is 16.7 Å². The molecule has 2 saturated carbocycles. The lowest BCUT2D eigenvalue weighted by Crippen LogP contribution is -2.42. The Morgan fingerprint density at radius 1 is 1.29 bits per heavy atom. The Bertz CT molecular complexity index is 538. The third-order valence-corrected chi connectivity index (χ3v) is 9.02. The van der Waals surface area contributed by atoms with Crippen molar-refractivity contribution >= 4 is 26.5 Å². The van der Waals surface area contributed by atoms with Crippen LogP contribution in [0.3, 0.4) is 0 Å². The van der Waals surface area contributed by atoms with Crippen LogP contribution in [-0.2, 0) is 22.7 Å². The maximum absolute atomic E-state index is 12.5. The van der Waals surface area contributed by atoms with E-state index in [0.717, 1.165) is 6.42 Å². The predicted octanol–water partition coefficient (Wildman–Crippen LogP) is 2.66. The Kier molecular flexibility index (Phi) is 4.28. The van der Waals surface area contributed by atoms with Gasteiger partial charge >= 0.3 is 0 Å². The summed E-state index contributed by atoms with van der Waals surface area (Å²) in [7, 11) is -5.91. The Labute approximate surface area is 129 Å². The van der Waals surface area contributed by atoms with E-state index in [2.05, 4.69) is 0 Å². The topological polar surface area (TPSA) is 69.7 Å². The van der Waals surface area contributed by atoms with Gasteiger partial charge < -0.3 is 0 Å². The Morgan fingerprint density at radius 2 is 1.90 bits per heavy atom. The molecule has 2 aliphatic rings. The van der Waals surface area contributed by atoms with Crippen molar-refractivity contribution in [3.8, 4) is 0 Å². The highest BCUT2D eigenvalue weighted by Gasteiger charge is 2.65. The van der Waals surface area contributed by atoms with E-state index in [0.29, 0.717) is 25.4 Å². The van der Waals surface area contributed by atoms with Crippen LogP contribution in [0.25, 0.3) is 0 Å². The minimum Gasteiger partial charge on any atom is -0.299 e. The number of carbonyl (C=O) groups excluding carboxylic acids is 1. The standard InChI is InChI=1S/C14H26O5S2/c1-6-18-20(4,5)19-21(16,17)10-14-8-7-11(9-12(14)15)13(14,2)3/h11H,6-10H2,1-5H3. The highest BCUT2D eigenvalue weighted by Crippen LogP contribution is 2.64. The van der Waals surface area contributed by atoms with Crippen LogP contribution in [0.15, 0.2) is 0 Å². The first-order valence-corrected chi connectivity index (χ1v) is 11.2. The molecule has 2 fully saturated rings. The summed E-state index contributed by atoms with van der Waals surface area (Å²) in [5.74, 6) is 0.166. The summed E-state index contributed by atoms with van der Waals surface area (Å²) in [6.45, 7) is 6.24. The average molecular weight is 338 g/mol. The lowest BCUT2D eigenvalue weighted by Gasteiger charge is -2.38. The van der Waals surface area contributed by atoms with Gasteiger partial charge in [-0.1, -0.05) is 13.8 Å². The highest BCUT2D eigenvalue weighted by molar-refractivity contribution is 8.28. The van der Waals surface area contributed by atoms with Gasteiger partial charge in [0.1, 0.15) is 5.78 Å². The van der Waals surface area contributed by atoms with Gasteiger partial charge in [0.25, 0.3) is 10.1 Å². The van der Waals surface area contributed by atoms with E-state index in [4.69, 9.17) is 7.81 Å². The summed E-state index contributed by atoms with van der Waals surface area (Å²) in [6.07, 6.45) is 5.40. The fraction of sp³-hybridized carbons (Fsp3) is 0.929. The van der Waals surface area contributed by atoms with Crippen LogP contribution < -0.4 is 0 Å². The lowest BCUT2D eigenvalue weighted by molar-refractivity contribution is -0.128. The zero-order valence-electron chi connectivity index (χ0n) is 13.5. The number of Topliss-reactive ketones (excluding diaryl/α,β-unsaturated/α-hetero) is 1. The Morgan fingerprint density at radius 3 is 2.33 bits per heavy atom. The summed E-state index contributed by atoms with van der Waals surface area (Å²) < 4.78 is 35.6. The molecule has 0 N–H and O–H groups in total. The molecule has 0 spiro atoms. The van der Waals surface area contributed by atoms with Crippen LogP contribution >= 0.6 is 10.6 Å². The van der Waals surface area contributed by atoms with Gasteiger partial charge in [0.05, 0.1) is 17.8 Å². The molecule has 2 aliphatic carbocycles. The largest absolute Gasteiger partial charge is 0.299 e. The van der Waals surface area contributed by atoms with E-state index in [-0.39, 0.29) is 17.0 Å². The van der Waals surface area contributed by atoms with E-state index < -0.39 is 26.1 Å². The number of fused-ring (bicyclic) bond motifs is 2. The van der Waals surface area contributed by atoms with Crippen LogP contribution in [0.2, 0.25) is 0 Å². The first kappa shape index (κ1) is 17.2. The summed E-state index contributed by atoms with van der Waals surface area (Å²) in [5.41, 5.74) is -1.05. The van der Waals surface area contributed by atoms with Crippen LogP contribution in [0.5, 0.6) is 0 Å². The molecule has 5 nitrogen and oxygen atoms in total. The average Bonchev–Trinajstić information content (AvgIpc) is 2.60. The number of hydrogen-bond acceptors (Lipinski definition) is 5. The molecular weight excluding hydrogens is 312 g/mol. The zero-order valence-corrected chi connectivity index (χ0v) is 15.1. The fourth-order valence-electron chi connectivity index (χ4n) is 3.99. The van der Waals surface area contributed by atoms with Gasteiger partial charge in [-0.15, -0.1) is 0 Å². The third-order valence-electron chi connectivity index (χ3n) is 5.23. The Hall–Kier alpha value is -0.110. The maximum Gasteiger partial charge on any atom is 0.286 e. The molecule has 0 aromatic heterocycles. The third kappa shape index (κ3) is 2.90. The molecule has 0 heterocycles. The van der Waals surface area contributed by atoms with Crippen molar-refractivity contribution in [3.05, 3.63) is 0 Å². The summed E-state index contributed by atoms with van der Waals surface area (Å²) >= 11 is 0. The van der Waals surface area contributed by atoms with E-state index in [1.807, 2.05) is 13.8 Å². The van der Waals surface area contributed by atoms with Gasteiger partial charge in [0, 0.05) is 18.9 Å². The summed E-state index contributed by atoms with van der Waals surface area (Å²) in [4.78, 5) is 12.4. The molecule has 0 aromatic carbocycles. The van der Waals surface area contributed by atoms with Gasteiger partial charge in [-0.3, -0.25) is 8.98 Å². The number of carbonyl (C=O) groups is 1. The van der Waals surface area contributed by atoms with Crippen LogP contribution in [0.4, 0.5) is 0 Å². The smallest absolute Gasteiger partial charge is 0.286 e. The van der Waals surface area contributed by atoms with E-state index >= 15 is 0 Å². The van der Waals surface area contributed by atoms with Crippen molar-refractivity contribution in [2.75, 3.05) is 24.9 Å². The summed E-state index contributed by atoms with van der Waals surface area (Å²) in [6, 6.07) is 0. The molecule has 2 atom stereocenters. The Balaban J connectivity index is 2.22. The molecule has 0 amide bonds. The molecule has 2 rings (SSSR count). The van der Waals surface area contributed by atoms with Crippen molar-refractivity contribution < 1.29 is 21.0 Å². The normalized spacial score (nSPS) is 32.6. The predicted molar refractivity (Wildman–Crippen MR) is 84.5 cm³/mol. The van der Waals surface area contributed by atoms with Crippen molar-refractivity contribution in [3.63, 3.8) is 0 Å². The minimum atomic E-state index is -3.80. The van der Waals surface area contributed by atoms with Crippen molar-refractivity contribution in [2.45, 2.75) is 40.0 Å². The van der Waals surface area contributed by atoms with Gasteiger partial charge in [-0.2, -0.15) is 22.6 Å². The first-order valence-electron chi connectivity index (χ1n) is 7.30. The van der Waals surface area contributed by atoms with Gasteiger partial charge in [0.2, 0.25) is 0 Å². The number of ketones is 1. The van der Waals surface area contributed by atoms with Crippen molar-refractivity contribution in [1.82, 2.24) is 0 Å². The molecule has 0 saturated heterocycles. The van der Waals surface area contributed by atoms with Crippen LogP contribution in [-0.4, -0.2) is 39.1 Å². The van der Waals surface area contributed by atoms with Gasteiger partial charge in [-0.05, 0) is 31.1 Å². The SMILES string of the molecule is CCOS(C)(C)OS(=O)(=O)CC12CCC(CC1=O)C2(C)C. The van der Waals surface area contributed by atoms with Crippen molar-refractivity contribution in [1.29, 1.82) is 0 Å². The fourth-order valence-corrected chi connectivity index (χ4v) is 8.18. The highest BCUT2D eigenvalue weighted by atomic mass is 32.3. The molecule has 0 radical (unpaired) electrons. The first-order chi connectivity index (χ1) is 9.46. The molecule has 0 aliphatic heterocycles. The molecular formula is C14H26O5S2. The van der Waals surface area contributed by atoms with E-state index in [1.54, 1.807) is 19.4 Å². The van der Waals surface area contributed by atoms with E-state index in [9.17, 15) is 13.2 Å². The van der Waals surface area contributed by atoms with Crippen LogP contribution in [0, 0.1) is 16.7 Å². The van der Waals surface area contributed by atoms with Gasteiger partial charge in [-0.25, -0.2) is 0 Å². The molecule has 2 bridgehead atoms. The molecule has 21 heavy (non-hydrogen) atoms. The monoisotopic (exact) mass is 338 g/mol. The number of rotatable bonds is 6. The molecule has 2 unspecified atom stereocenters.